The van der Waals surface area contributed by atoms with E-state index in [-0.39, 0.29) is 5.91 Å². The lowest BCUT2D eigenvalue weighted by atomic mass is 10.2. The quantitative estimate of drug-likeness (QED) is 0.815. The van der Waals surface area contributed by atoms with Crippen molar-refractivity contribution in [3.8, 4) is 0 Å². The van der Waals surface area contributed by atoms with Crippen molar-refractivity contribution in [1.29, 1.82) is 0 Å². The number of rotatable bonds is 5. The first kappa shape index (κ1) is 13.5. The van der Waals surface area contributed by atoms with Gasteiger partial charge in [0.05, 0.1) is 0 Å². The van der Waals surface area contributed by atoms with Crippen LogP contribution in [0.1, 0.15) is 38.2 Å². The van der Waals surface area contributed by atoms with Crippen LogP contribution >= 0.6 is 0 Å². The van der Waals surface area contributed by atoms with Crippen LogP contribution in [0.25, 0.3) is 0 Å². The Balaban J connectivity index is 1.61. The van der Waals surface area contributed by atoms with E-state index >= 15 is 0 Å². The summed E-state index contributed by atoms with van der Waals surface area (Å²) in [4.78, 5) is 24.5. The van der Waals surface area contributed by atoms with E-state index in [9.17, 15) is 4.79 Å². The van der Waals surface area contributed by atoms with Crippen molar-refractivity contribution in [3.05, 3.63) is 24.3 Å². The molecule has 1 aromatic rings. The minimum absolute atomic E-state index is 0.224. The summed E-state index contributed by atoms with van der Waals surface area (Å²) in [6.07, 6.45) is 10.1. The molecule has 108 valence electrons. The van der Waals surface area contributed by atoms with E-state index in [2.05, 4.69) is 19.8 Å². The van der Waals surface area contributed by atoms with Crippen LogP contribution in [-0.2, 0) is 11.3 Å². The van der Waals surface area contributed by atoms with Gasteiger partial charge in [-0.05, 0) is 32.2 Å². The number of carbonyl (C=O) groups excluding carboxylic acids is 1. The summed E-state index contributed by atoms with van der Waals surface area (Å²) in [7, 11) is 0. The van der Waals surface area contributed by atoms with E-state index in [1.165, 1.54) is 25.7 Å². The zero-order valence-electron chi connectivity index (χ0n) is 12.0. The largest absolute Gasteiger partial charge is 0.338 e. The number of nitrogens with zero attached hydrogens (tertiary/aromatic N) is 4. The Hall–Kier alpha value is -1.49. The lowest BCUT2D eigenvalue weighted by Gasteiger charge is -2.30. The molecule has 0 radical (unpaired) electrons. The molecule has 1 unspecified atom stereocenters. The van der Waals surface area contributed by atoms with Gasteiger partial charge in [-0.15, -0.1) is 0 Å². The summed E-state index contributed by atoms with van der Waals surface area (Å²) in [5, 5.41) is 0. The van der Waals surface area contributed by atoms with Gasteiger partial charge >= 0.3 is 0 Å². The molecule has 0 aromatic carbocycles. The second kappa shape index (κ2) is 5.87. The second-order valence-corrected chi connectivity index (χ2v) is 5.92. The maximum absolute atomic E-state index is 11.8. The predicted octanol–water partition coefficient (Wildman–Crippen LogP) is 1.45. The fourth-order valence-electron chi connectivity index (χ4n) is 3.10. The van der Waals surface area contributed by atoms with Crippen LogP contribution in [0.2, 0.25) is 0 Å². The standard InChI is InChI=1S/C15H22N4O/c1-12(20)19(14-4-5-14)10-15-3-2-6-18(15)9-13-7-16-11-17-8-13/h7-8,11,14-15H,2-6,9-10H2,1H3. The number of amides is 1. The second-order valence-electron chi connectivity index (χ2n) is 5.92. The Bertz CT molecular complexity index is 460. The summed E-state index contributed by atoms with van der Waals surface area (Å²) >= 11 is 0. The zero-order chi connectivity index (χ0) is 13.9. The molecular formula is C15H22N4O. The van der Waals surface area contributed by atoms with Gasteiger partial charge in [-0.3, -0.25) is 9.69 Å². The third kappa shape index (κ3) is 3.15. The highest BCUT2D eigenvalue weighted by atomic mass is 16.2. The van der Waals surface area contributed by atoms with Crippen molar-refractivity contribution in [2.24, 2.45) is 0 Å². The van der Waals surface area contributed by atoms with Crippen molar-refractivity contribution in [3.63, 3.8) is 0 Å². The molecule has 1 amide bonds. The van der Waals surface area contributed by atoms with Crippen LogP contribution < -0.4 is 0 Å². The van der Waals surface area contributed by atoms with Crippen LogP contribution in [0.4, 0.5) is 0 Å². The van der Waals surface area contributed by atoms with E-state index in [1.54, 1.807) is 13.3 Å². The molecule has 0 bridgehead atoms. The molecule has 0 spiro atoms. The van der Waals surface area contributed by atoms with Crippen LogP contribution in [-0.4, -0.2) is 50.8 Å². The average Bonchev–Trinajstić information content (AvgIpc) is 3.19. The Labute approximate surface area is 120 Å². The van der Waals surface area contributed by atoms with Gasteiger partial charge in [-0.2, -0.15) is 0 Å². The number of hydrogen-bond donors (Lipinski definition) is 0. The van der Waals surface area contributed by atoms with E-state index in [0.717, 1.165) is 25.2 Å². The molecule has 5 nitrogen and oxygen atoms in total. The number of likely N-dealkylation sites (tertiary alicyclic amines) is 1. The molecule has 1 aliphatic heterocycles. The molecular weight excluding hydrogens is 252 g/mol. The molecule has 20 heavy (non-hydrogen) atoms. The van der Waals surface area contributed by atoms with Gasteiger partial charge in [0.25, 0.3) is 0 Å². The van der Waals surface area contributed by atoms with Gasteiger partial charge in [-0.1, -0.05) is 0 Å². The monoisotopic (exact) mass is 274 g/mol. The third-order valence-corrected chi connectivity index (χ3v) is 4.30. The summed E-state index contributed by atoms with van der Waals surface area (Å²) in [5.41, 5.74) is 1.15. The molecule has 1 atom stereocenters. The Morgan fingerprint density at radius 2 is 2.10 bits per heavy atom. The third-order valence-electron chi connectivity index (χ3n) is 4.30. The van der Waals surface area contributed by atoms with Gasteiger partial charge in [0.1, 0.15) is 6.33 Å². The van der Waals surface area contributed by atoms with E-state index < -0.39 is 0 Å². The Morgan fingerprint density at radius 3 is 2.75 bits per heavy atom. The molecule has 5 heteroatoms. The van der Waals surface area contributed by atoms with Crippen LogP contribution in [0, 0.1) is 0 Å². The van der Waals surface area contributed by atoms with Crippen LogP contribution in [0.5, 0.6) is 0 Å². The molecule has 2 heterocycles. The van der Waals surface area contributed by atoms with Gasteiger partial charge < -0.3 is 4.90 Å². The minimum Gasteiger partial charge on any atom is -0.338 e. The van der Waals surface area contributed by atoms with Gasteiger partial charge in [0, 0.05) is 50.1 Å². The average molecular weight is 274 g/mol. The number of carbonyl (C=O) groups is 1. The van der Waals surface area contributed by atoms with E-state index in [4.69, 9.17) is 0 Å². The lowest BCUT2D eigenvalue weighted by Crippen LogP contribution is -2.43. The molecule has 2 aliphatic rings. The Morgan fingerprint density at radius 1 is 1.35 bits per heavy atom. The molecule has 1 saturated heterocycles. The van der Waals surface area contributed by atoms with Crippen molar-refractivity contribution in [2.45, 2.75) is 51.2 Å². The highest BCUT2D eigenvalue weighted by Gasteiger charge is 2.35. The SMILES string of the molecule is CC(=O)N(CC1CCCN1Cc1cncnc1)C1CC1. The van der Waals surface area contributed by atoms with Crippen molar-refractivity contribution in [1.82, 2.24) is 19.8 Å². The Kier molecular flexibility index (Phi) is 3.96. The van der Waals surface area contributed by atoms with Crippen molar-refractivity contribution >= 4 is 5.91 Å². The molecule has 3 rings (SSSR count). The van der Waals surface area contributed by atoms with Crippen molar-refractivity contribution in [2.75, 3.05) is 13.1 Å². The molecule has 1 saturated carbocycles. The summed E-state index contributed by atoms with van der Waals surface area (Å²) < 4.78 is 0. The predicted molar refractivity (Wildman–Crippen MR) is 75.9 cm³/mol. The van der Waals surface area contributed by atoms with Gasteiger partial charge in [0.15, 0.2) is 0 Å². The van der Waals surface area contributed by atoms with Crippen molar-refractivity contribution < 1.29 is 4.79 Å². The van der Waals surface area contributed by atoms with Gasteiger partial charge in [0.2, 0.25) is 5.91 Å². The number of hydrogen-bond acceptors (Lipinski definition) is 4. The van der Waals surface area contributed by atoms with E-state index in [1.807, 2.05) is 12.4 Å². The first-order chi connectivity index (χ1) is 9.74. The first-order valence-electron chi connectivity index (χ1n) is 7.49. The minimum atomic E-state index is 0.224. The van der Waals surface area contributed by atoms with Crippen LogP contribution in [0.15, 0.2) is 18.7 Å². The first-order valence-corrected chi connectivity index (χ1v) is 7.49. The summed E-state index contributed by atoms with van der Waals surface area (Å²) in [5.74, 6) is 0.224. The normalized spacial score (nSPS) is 22.9. The maximum atomic E-state index is 11.8. The highest BCUT2D eigenvalue weighted by Crippen LogP contribution is 2.29. The number of aromatic nitrogens is 2. The lowest BCUT2D eigenvalue weighted by molar-refractivity contribution is -0.130. The molecule has 1 aliphatic carbocycles. The topological polar surface area (TPSA) is 49.3 Å². The zero-order valence-corrected chi connectivity index (χ0v) is 12.0. The smallest absolute Gasteiger partial charge is 0.219 e. The molecule has 0 N–H and O–H groups in total. The van der Waals surface area contributed by atoms with Crippen LogP contribution in [0.3, 0.4) is 0 Å². The van der Waals surface area contributed by atoms with Gasteiger partial charge in [-0.25, -0.2) is 9.97 Å². The summed E-state index contributed by atoms with van der Waals surface area (Å²) in [6.45, 7) is 4.58. The fourth-order valence-corrected chi connectivity index (χ4v) is 3.10. The summed E-state index contributed by atoms with van der Waals surface area (Å²) in [6, 6.07) is 0.995. The molecule has 2 fully saturated rings. The van der Waals surface area contributed by atoms with E-state index in [0.29, 0.717) is 12.1 Å². The highest BCUT2D eigenvalue weighted by molar-refractivity contribution is 5.74. The fraction of sp³-hybridized carbons (Fsp3) is 0.667. The maximum Gasteiger partial charge on any atom is 0.219 e. The molecule has 1 aromatic heterocycles.